The SMILES string of the molecule is CCC1(c2ccc(OC)cc2)CCCc2cc(OC)ccc2C1. The van der Waals surface area contributed by atoms with E-state index in [0.29, 0.717) is 0 Å². The molecule has 23 heavy (non-hydrogen) atoms. The van der Waals surface area contributed by atoms with Crippen molar-refractivity contribution in [3.8, 4) is 11.5 Å². The Morgan fingerprint density at radius 2 is 1.61 bits per heavy atom. The molecule has 0 fully saturated rings. The number of hydrogen-bond acceptors (Lipinski definition) is 2. The number of ether oxygens (including phenoxy) is 2. The smallest absolute Gasteiger partial charge is 0.119 e. The molecule has 0 saturated heterocycles. The van der Waals surface area contributed by atoms with Gasteiger partial charge in [0.25, 0.3) is 0 Å². The normalized spacial score (nSPS) is 20.5. The molecule has 0 radical (unpaired) electrons. The predicted molar refractivity (Wildman–Crippen MR) is 94.6 cm³/mol. The van der Waals surface area contributed by atoms with Gasteiger partial charge >= 0.3 is 0 Å². The van der Waals surface area contributed by atoms with Crippen molar-refractivity contribution in [3.63, 3.8) is 0 Å². The number of methoxy groups -OCH3 is 2. The van der Waals surface area contributed by atoms with Crippen molar-refractivity contribution >= 4 is 0 Å². The molecular weight excluding hydrogens is 284 g/mol. The van der Waals surface area contributed by atoms with Crippen LogP contribution in [-0.2, 0) is 18.3 Å². The summed E-state index contributed by atoms with van der Waals surface area (Å²) in [5.41, 5.74) is 4.59. The third kappa shape index (κ3) is 3.08. The molecule has 0 saturated carbocycles. The molecule has 2 aromatic carbocycles. The van der Waals surface area contributed by atoms with E-state index in [4.69, 9.17) is 9.47 Å². The van der Waals surface area contributed by atoms with Gasteiger partial charge in [-0.15, -0.1) is 0 Å². The molecule has 1 atom stereocenters. The van der Waals surface area contributed by atoms with E-state index in [0.717, 1.165) is 30.8 Å². The molecule has 0 N–H and O–H groups in total. The second-order valence-corrected chi connectivity index (χ2v) is 6.53. The van der Waals surface area contributed by atoms with Gasteiger partial charge in [-0.1, -0.05) is 25.1 Å². The second-order valence-electron chi connectivity index (χ2n) is 6.53. The van der Waals surface area contributed by atoms with Crippen LogP contribution in [0.3, 0.4) is 0 Å². The fourth-order valence-corrected chi connectivity index (χ4v) is 3.90. The van der Waals surface area contributed by atoms with E-state index in [1.807, 2.05) is 0 Å². The van der Waals surface area contributed by atoms with E-state index in [2.05, 4.69) is 49.4 Å². The average molecular weight is 310 g/mol. The van der Waals surface area contributed by atoms with Crippen LogP contribution in [0.15, 0.2) is 42.5 Å². The van der Waals surface area contributed by atoms with Crippen LogP contribution in [0, 0.1) is 0 Å². The van der Waals surface area contributed by atoms with Gasteiger partial charge in [0.15, 0.2) is 0 Å². The molecule has 0 aliphatic heterocycles. The molecule has 1 unspecified atom stereocenters. The van der Waals surface area contributed by atoms with Crippen molar-refractivity contribution in [2.24, 2.45) is 0 Å². The number of benzene rings is 2. The Balaban J connectivity index is 1.97. The van der Waals surface area contributed by atoms with Gasteiger partial charge in [-0.3, -0.25) is 0 Å². The number of rotatable bonds is 4. The summed E-state index contributed by atoms with van der Waals surface area (Å²) in [7, 11) is 3.46. The zero-order valence-electron chi connectivity index (χ0n) is 14.4. The van der Waals surface area contributed by atoms with Crippen LogP contribution in [0.4, 0.5) is 0 Å². The molecule has 3 rings (SSSR count). The zero-order chi connectivity index (χ0) is 16.3. The summed E-state index contributed by atoms with van der Waals surface area (Å²) < 4.78 is 10.7. The summed E-state index contributed by atoms with van der Waals surface area (Å²) in [6.45, 7) is 2.32. The third-order valence-electron chi connectivity index (χ3n) is 5.42. The van der Waals surface area contributed by atoms with Gasteiger partial charge in [-0.2, -0.15) is 0 Å². The first kappa shape index (κ1) is 15.9. The summed E-state index contributed by atoms with van der Waals surface area (Å²) in [5, 5.41) is 0. The van der Waals surface area contributed by atoms with Crippen LogP contribution in [0.25, 0.3) is 0 Å². The van der Waals surface area contributed by atoms with Crippen molar-refractivity contribution < 1.29 is 9.47 Å². The largest absolute Gasteiger partial charge is 0.497 e. The highest BCUT2D eigenvalue weighted by Gasteiger charge is 2.33. The molecule has 0 heterocycles. The van der Waals surface area contributed by atoms with E-state index in [9.17, 15) is 0 Å². The maximum atomic E-state index is 5.40. The van der Waals surface area contributed by atoms with Crippen molar-refractivity contribution in [2.45, 2.75) is 44.4 Å². The van der Waals surface area contributed by atoms with Crippen molar-refractivity contribution in [1.82, 2.24) is 0 Å². The van der Waals surface area contributed by atoms with Crippen molar-refractivity contribution in [2.75, 3.05) is 14.2 Å². The molecule has 0 bridgehead atoms. The van der Waals surface area contributed by atoms with Gasteiger partial charge in [0.1, 0.15) is 11.5 Å². The van der Waals surface area contributed by atoms with Crippen molar-refractivity contribution in [1.29, 1.82) is 0 Å². The zero-order valence-corrected chi connectivity index (χ0v) is 14.4. The van der Waals surface area contributed by atoms with E-state index in [1.54, 1.807) is 14.2 Å². The third-order valence-corrected chi connectivity index (χ3v) is 5.42. The Morgan fingerprint density at radius 1 is 0.913 bits per heavy atom. The number of hydrogen-bond donors (Lipinski definition) is 0. The number of fused-ring (bicyclic) bond motifs is 1. The van der Waals surface area contributed by atoms with E-state index in [-0.39, 0.29) is 5.41 Å². The molecule has 2 aromatic rings. The highest BCUT2D eigenvalue weighted by Crippen LogP contribution is 2.41. The van der Waals surface area contributed by atoms with Crippen LogP contribution in [-0.4, -0.2) is 14.2 Å². The lowest BCUT2D eigenvalue weighted by molar-refractivity contribution is 0.373. The average Bonchev–Trinajstić information content (AvgIpc) is 2.81. The maximum Gasteiger partial charge on any atom is 0.119 e. The van der Waals surface area contributed by atoms with Gasteiger partial charge in [0, 0.05) is 0 Å². The monoisotopic (exact) mass is 310 g/mol. The van der Waals surface area contributed by atoms with Gasteiger partial charge < -0.3 is 9.47 Å². The lowest BCUT2D eigenvalue weighted by Crippen LogP contribution is -2.27. The van der Waals surface area contributed by atoms with Crippen LogP contribution in [0.5, 0.6) is 11.5 Å². The van der Waals surface area contributed by atoms with Gasteiger partial charge in [0.05, 0.1) is 14.2 Å². The Kier molecular flexibility index (Phi) is 4.61. The molecule has 2 heteroatoms. The topological polar surface area (TPSA) is 18.5 Å². The molecule has 0 aromatic heterocycles. The second kappa shape index (κ2) is 6.66. The summed E-state index contributed by atoms with van der Waals surface area (Å²) in [6.07, 6.45) is 5.86. The van der Waals surface area contributed by atoms with Crippen LogP contribution < -0.4 is 9.47 Å². The summed E-state index contributed by atoms with van der Waals surface area (Å²) in [6, 6.07) is 15.2. The van der Waals surface area contributed by atoms with Gasteiger partial charge in [-0.05, 0) is 78.5 Å². The Hall–Kier alpha value is -1.96. The minimum Gasteiger partial charge on any atom is -0.497 e. The van der Waals surface area contributed by atoms with E-state index < -0.39 is 0 Å². The fraction of sp³-hybridized carbons (Fsp3) is 0.429. The first-order valence-electron chi connectivity index (χ1n) is 8.51. The van der Waals surface area contributed by atoms with Crippen LogP contribution in [0.1, 0.15) is 42.9 Å². The molecule has 0 spiro atoms. The maximum absolute atomic E-state index is 5.40. The predicted octanol–water partition coefficient (Wildman–Crippen LogP) is 4.93. The molecule has 1 aliphatic carbocycles. The molecule has 0 amide bonds. The molecule has 2 nitrogen and oxygen atoms in total. The lowest BCUT2D eigenvalue weighted by atomic mass is 9.71. The van der Waals surface area contributed by atoms with E-state index in [1.165, 1.54) is 29.5 Å². The number of aryl methyl sites for hydroxylation is 1. The quantitative estimate of drug-likeness (QED) is 0.745. The fourth-order valence-electron chi connectivity index (χ4n) is 3.90. The van der Waals surface area contributed by atoms with Gasteiger partial charge in [-0.25, -0.2) is 0 Å². The van der Waals surface area contributed by atoms with Crippen molar-refractivity contribution in [3.05, 3.63) is 59.2 Å². The highest BCUT2D eigenvalue weighted by molar-refractivity contribution is 5.41. The minimum atomic E-state index is 0.228. The lowest BCUT2D eigenvalue weighted by Gasteiger charge is -2.33. The summed E-state index contributed by atoms with van der Waals surface area (Å²) in [4.78, 5) is 0. The van der Waals surface area contributed by atoms with Crippen LogP contribution in [0.2, 0.25) is 0 Å². The first-order chi connectivity index (χ1) is 11.2. The first-order valence-corrected chi connectivity index (χ1v) is 8.51. The minimum absolute atomic E-state index is 0.228. The van der Waals surface area contributed by atoms with Crippen LogP contribution >= 0.6 is 0 Å². The highest BCUT2D eigenvalue weighted by atomic mass is 16.5. The Morgan fingerprint density at radius 3 is 2.26 bits per heavy atom. The standard InChI is InChI=1S/C21H26O2/c1-4-21(18-8-11-19(22-2)12-9-18)13-5-6-16-14-20(23-3)10-7-17(16)15-21/h7-12,14H,4-6,13,15H2,1-3H3. The van der Waals surface area contributed by atoms with Gasteiger partial charge in [0.2, 0.25) is 0 Å². The summed E-state index contributed by atoms with van der Waals surface area (Å²) >= 11 is 0. The summed E-state index contributed by atoms with van der Waals surface area (Å²) in [5.74, 6) is 1.90. The Labute approximate surface area is 139 Å². The molecule has 1 aliphatic rings. The Bertz CT molecular complexity index is 660. The molecule has 122 valence electrons. The van der Waals surface area contributed by atoms with E-state index >= 15 is 0 Å². The molecular formula is C21H26O2.